The molecule has 0 spiro atoms. The first-order valence-electron chi connectivity index (χ1n) is 9.28. The first-order chi connectivity index (χ1) is 12.6. The van der Waals surface area contributed by atoms with Gasteiger partial charge >= 0.3 is 0 Å². The van der Waals surface area contributed by atoms with Crippen LogP contribution >= 0.6 is 11.6 Å². The Bertz CT molecular complexity index is 880. The lowest BCUT2D eigenvalue weighted by Gasteiger charge is -2.48. The molecule has 2 heterocycles. The number of fused-ring (bicyclic) bond motifs is 2. The molecule has 2 aliphatic heterocycles. The van der Waals surface area contributed by atoms with Gasteiger partial charge in [0.05, 0.1) is 11.7 Å². The number of benzene rings is 2. The zero-order chi connectivity index (χ0) is 17.9. The number of anilines is 1. The monoisotopic (exact) mass is 367 g/mol. The highest BCUT2D eigenvalue weighted by Gasteiger charge is 2.51. The Labute approximate surface area is 158 Å². The van der Waals surface area contributed by atoms with E-state index in [4.69, 9.17) is 16.6 Å². The maximum atomic E-state index is 12.0. The lowest BCUT2D eigenvalue weighted by atomic mass is 9.89. The summed E-state index contributed by atoms with van der Waals surface area (Å²) in [7, 11) is 0. The molecule has 0 saturated heterocycles. The van der Waals surface area contributed by atoms with Crippen molar-refractivity contribution in [3.63, 3.8) is 0 Å². The van der Waals surface area contributed by atoms with Gasteiger partial charge in [-0.1, -0.05) is 48.0 Å². The second-order valence-corrected chi connectivity index (χ2v) is 8.08. The molecular formula is C21H22ClN3O. The topological polar surface area (TPSA) is 39.1 Å². The molecule has 2 aromatic rings. The molecule has 2 atom stereocenters. The molecule has 1 aliphatic carbocycles. The van der Waals surface area contributed by atoms with Crippen molar-refractivity contribution in [1.29, 1.82) is 0 Å². The quantitative estimate of drug-likeness (QED) is 0.896. The second kappa shape index (κ2) is 5.73. The van der Waals surface area contributed by atoms with Gasteiger partial charge in [0.25, 0.3) is 0 Å². The molecule has 2 unspecified atom stereocenters. The summed E-state index contributed by atoms with van der Waals surface area (Å²) < 4.78 is 0. The number of aliphatic imine (C=N–C) groups is 1. The molecule has 1 N–H and O–H groups in total. The minimum absolute atomic E-state index is 0.145. The molecule has 0 aromatic heterocycles. The van der Waals surface area contributed by atoms with Gasteiger partial charge in [0.15, 0.2) is 5.72 Å². The Morgan fingerprint density at radius 2 is 1.96 bits per heavy atom. The van der Waals surface area contributed by atoms with Crippen LogP contribution in [0, 0.1) is 5.92 Å². The minimum Gasteiger partial charge on any atom is -0.363 e. The van der Waals surface area contributed by atoms with Gasteiger partial charge in [-0.05, 0) is 37.8 Å². The number of halogens is 1. The SMILES string of the molecule is CC1CN2C(=N1)N(CC1CC1)c1cc(Cl)ccc1C2(O)c1ccccc1. The molecule has 4 nitrogen and oxygen atoms in total. The fourth-order valence-electron chi connectivity index (χ4n) is 4.14. The Morgan fingerprint density at radius 3 is 2.69 bits per heavy atom. The molecular weight excluding hydrogens is 346 g/mol. The molecule has 0 bridgehead atoms. The minimum atomic E-state index is -1.23. The molecule has 1 saturated carbocycles. The summed E-state index contributed by atoms with van der Waals surface area (Å²) in [5.74, 6) is 1.57. The lowest BCUT2D eigenvalue weighted by molar-refractivity contribution is -0.0381. The number of nitrogens with zero attached hydrogens (tertiary/aromatic N) is 3. The van der Waals surface area contributed by atoms with Crippen LogP contribution in [0.3, 0.4) is 0 Å². The van der Waals surface area contributed by atoms with Crippen LogP contribution in [0.15, 0.2) is 53.5 Å². The summed E-state index contributed by atoms with van der Waals surface area (Å²) in [6.45, 7) is 3.73. The summed E-state index contributed by atoms with van der Waals surface area (Å²) in [5.41, 5.74) is 1.48. The normalized spacial score (nSPS) is 27.2. The highest BCUT2D eigenvalue weighted by molar-refractivity contribution is 6.31. The summed E-state index contributed by atoms with van der Waals surface area (Å²) in [5, 5.41) is 12.7. The maximum Gasteiger partial charge on any atom is 0.204 e. The Hall–Kier alpha value is -2.04. The number of guanidine groups is 1. The average Bonchev–Trinajstić information content (AvgIpc) is 3.38. The first-order valence-corrected chi connectivity index (χ1v) is 9.66. The molecule has 5 rings (SSSR count). The van der Waals surface area contributed by atoms with Crippen LogP contribution in [0.4, 0.5) is 5.69 Å². The lowest BCUT2D eigenvalue weighted by Crippen LogP contribution is -2.59. The molecule has 0 radical (unpaired) electrons. The van der Waals surface area contributed by atoms with E-state index >= 15 is 0 Å². The van der Waals surface area contributed by atoms with Crippen LogP contribution in [-0.4, -0.2) is 35.1 Å². The van der Waals surface area contributed by atoms with Gasteiger partial charge in [-0.2, -0.15) is 0 Å². The van der Waals surface area contributed by atoms with E-state index < -0.39 is 5.72 Å². The number of aliphatic hydroxyl groups is 1. The Kier molecular flexibility index (Phi) is 3.56. The van der Waals surface area contributed by atoms with Crippen molar-refractivity contribution < 1.29 is 5.11 Å². The molecule has 2 aromatic carbocycles. The predicted molar refractivity (Wildman–Crippen MR) is 105 cm³/mol. The van der Waals surface area contributed by atoms with Crippen molar-refractivity contribution in [3.05, 3.63) is 64.7 Å². The van der Waals surface area contributed by atoms with Crippen LogP contribution in [0.2, 0.25) is 5.02 Å². The Morgan fingerprint density at radius 1 is 1.19 bits per heavy atom. The summed E-state index contributed by atoms with van der Waals surface area (Å²) >= 11 is 6.34. The first kappa shape index (κ1) is 16.2. The standard InChI is InChI=1S/C21H22ClN3O/c1-14-12-25-20(23-14)24(13-15-7-8-15)19-11-17(22)9-10-18(19)21(25,26)16-5-3-2-4-6-16/h2-6,9-11,14-15,26H,7-8,12-13H2,1H3. The van der Waals surface area contributed by atoms with Gasteiger partial charge in [0.2, 0.25) is 5.96 Å². The van der Waals surface area contributed by atoms with E-state index in [-0.39, 0.29) is 6.04 Å². The van der Waals surface area contributed by atoms with E-state index in [1.807, 2.05) is 48.5 Å². The van der Waals surface area contributed by atoms with Crippen LogP contribution in [0.5, 0.6) is 0 Å². The van der Waals surface area contributed by atoms with Gasteiger partial charge < -0.3 is 14.9 Å². The Balaban J connectivity index is 1.74. The van der Waals surface area contributed by atoms with E-state index in [0.717, 1.165) is 29.3 Å². The number of rotatable bonds is 3. The highest BCUT2D eigenvalue weighted by atomic mass is 35.5. The smallest absolute Gasteiger partial charge is 0.204 e. The van der Waals surface area contributed by atoms with Gasteiger partial charge in [-0.3, -0.25) is 0 Å². The predicted octanol–water partition coefficient (Wildman–Crippen LogP) is 3.82. The van der Waals surface area contributed by atoms with Crippen molar-refractivity contribution in [2.75, 3.05) is 18.0 Å². The van der Waals surface area contributed by atoms with Crippen molar-refractivity contribution in [1.82, 2.24) is 4.90 Å². The van der Waals surface area contributed by atoms with Crippen molar-refractivity contribution in [2.24, 2.45) is 10.9 Å². The molecule has 5 heteroatoms. The van der Waals surface area contributed by atoms with Crippen molar-refractivity contribution in [2.45, 2.75) is 31.5 Å². The highest BCUT2D eigenvalue weighted by Crippen LogP contribution is 2.47. The van der Waals surface area contributed by atoms with Crippen molar-refractivity contribution >= 4 is 23.2 Å². The third kappa shape index (κ3) is 2.36. The summed E-state index contributed by atoms with van der Waals surface area (Å²) in [6.07, 6.45) is 2.52. The van der Waals surface area contributed by atoms with Crippen LogP contribution < -0.4 is 4.90 Å². The molecule has 1 fully saturated rings. The van der Waals surface area contributed by atoms with E-state index in [9.17, 15) is 5.11 Å². The van der Waals surface area contributed by atoms with Crippen LogP contribution in [-0.2, 0) is 5.72 Å². The zero-order valence-electron chi connectivity index (χ0n) is 14.8. The maximum absolute atomic E-state index is 12.0. The van der Waals surface area contributed by atoms with E-state index in [2.05, 4.69) is 16.7 Å². The average molecular weight is 368 g/mol. The van der Waals surface area contributed by atoms with Gasteiger partial charge in [0.1, 0.15) is 0 Å². The van der Waals surface area contributed by atoms with Gasteiger partial charge in [-0.15, -0.1) is 0 Å². The van der Waals surface area contributed by atoms with Gasteiger partial charge in [-0.25, -0.2) is 4.99 Å². The number of hydrogen-bond acceptors (Lipinski definition) is 4. The molecule has 0 amide bonds. The molecule has 3 aliphatic rings. The third-order valence-electron chi connectivity index (χ3n) is 5.60. The zero-order valence-corrected chi connectivity index (χ0v) is 15.5. The third-order valence-corrected chi connectivity index (χ3v) is 5.83. The van der Waals surface area contributed by atoms with E-state index in [0.29, 0.717) is 17.5 Å². The van der Waals surface area contributed by atoms with E-state index in [1.165, 1.54) is 12.8 Å². The fourth-order valence-corrected chi connectivity index (χ4v) is 4.31. The van der Waals surface area contributed by atoms with Crippen LogP contribution in [0.25, 0.3) is 0 Å². The van der Waals surface area contributed by atoms with E-state index in [1.54, 1.807) is 0 Å². The van der Waals surface area contributed by atoms with Crippen molar-refractivity contribution in [3.8, 4) is 0 Å². The number of hydrogen-bond donors (Lipinski definition) is 1. The largest absolute Gasteiger partial charge is 0.363 e. The van der Waals surface area contributed by atoms with Crippen LogP contribution in [0.1, 0.15) is 30.9 Å². The molecule has 134 valence electrons. The van der Waals surface area contributed by atoms with Gasteiger partial charge in [0, 0.05) is 29.2 Å². The fraction of sp³-hybridized carbons (Fsp3) is 0.381. The molecule has 26 heavy (non-hydrogen) atoms. The summed E-state index contributed by atoms with van der Waals surface area (Å²) in [4.78, 5) is 9.21. The summed E-state index contributed by atoms with van der Waals surface area (Å²) in [6, 6.07) is 15.8. The second-order valence-electron chi connectivity index (χ2n) is 7.64.